The first-order valence-corrected chi connectivity index (χ1v) is 10.2. The first-order valence-electron chi connectivity index (χ1n) is 9.81. The highest BCUT2D eigenvalue weighted by Crippen LogP contribution is 2.34. The van der Waals surface area contributed by atoms with E-state index >= 15 is 0 Å². The summed E-state index contributed by atoms with van der Waals surface area (Å²) in [5, 5.41) is 16.2. The van der Waals surface area contributed by atoms with Crippen molar-refractivity contribution in [2.75, 3.05) is 31.6 Å². The van der Waals surface area contributed by atoms with E-state index in [9.17, 15) is 14.7 Å². The molecule has 3 rings (SSSR count). The number of carbonyl (C=O) groups is 2. The fraction of sp³-hybridized carbons (Fsp3) is 0.600. The van der Waals surface area contributed by atoms with Crippen LogP contribution in [0.2, 0.25) is 5.02 Å². The van der Waals surface area contributed by atoms with Crippen LogP contribution in [0.1, 0.15) is 32.3 Å². The Hall–Kier alpha value is -2.03. The van der Waals surface area contributed by atoms with Crippen LogP contribution in [-0.2, 0) is 4.79 Å². The average molecular weight is 425 g/mol. The Morgan fingerprint density at radius 2 is 2.10 bits per heavy atom. The molecular formula is C20H29ClN4O4. The molecule has 160 valence electrons. The van der Waals surface area contributed by atoms with Gasteiger partial charge in [0.2, 0.25) is 0 Å². The van der Waals surface area contributed by atoms with Gasteiger partial charge in [-0.2, -0.15) is 0 Å². The van der Waals surface area contributed by atoms with E-state index in [1.165, 1.54) is 0 Å². The lowest BCUT2D eigenvalue weighted by Crippen LogP contribution is -2.55. The van der Waals surface area contributed by atoms with E-state index < -0.39 is 17.8 Å². The summed E-state index contributed by atoms with van der Waals surface area (Å²) in [5.41, 5.74) is 1.18. The van der Waals surface area contributed by atoms with Gasteiger partial charge in [-0.1, -0.05) is 11.6 Å². The normalized spacial score (nSPS) is 26.3. The second kappa shape index (κ2) is 8.38. The molecule has 2 saturated heterocycles. The average Bonchev–Trinajstić information content (AvgIpc) is 2.92. The van der Waals surface area contributed by atoms with Gasteiger partial charge in [-0.3, -0.25) is 15.0 Å². The Bertz CT molecular complexity index is 805. The van der Waals surface area contributed by atoms with Gasteiger partial charge in [-0.25, -0.2) is 4.79 Å². The van der Waals surface area contributed by atoms with E-state index in [2.05, 4.69) is 22.5 Å². The Morgan fingerprint density at radius 3 is 2.69 bits per heavy atom. The molecule has 1 aromatic carbocycles. The Kier molecular flexibility index (Phi) is 6.26. The quantitative estimate of drug-likeness (QED) is 0.603. The highest BCUT2D eigenvalue weighted by molar-refractivity contribution is 6.32. The van der Waals surface area contributed by atoms with Crippen molar-refractivity contribution in [1.82, 2.24) is 15.5 Å². The largest absolute Gasteiger partial charge is 0.495 e. The lowest BCUT2D eigenvalue weighted by molar-refractivity contribution is -0.124. The van der Waals surface area contributed by atoms with Gasteiger partial charge in [0.15, 0.2) is 0 Å². The Morgan fingerprint density at radius 1 is 1.38 bits per heavy atom. The van der Waals surface area contributed by atoms with Crippen LogP contribution in [0.3, 0.4) is 0 Å². The monoisotopic (exact) mass is 424 g/mol. The van der Waals surface area contributed by atoms with E-state index in [0.29, 0.717) is 36.7 Å². The minimum absolute atomic E-state index is 0.174. The van der Waals surface area contributed by atoms with Crippen LogP contribution in [0, 0.1) is 6.92 Å². The van der Waals surface area contributed by atoms with Gasteiger partial charge in [0.25, 0.3) is 5.91 Å². The number of piperazine rings is 1. The van der Waals surface area contributed by atoms with Crippen molar-refractivity contribution in [2.24, 2.45) is 0 Å². The molecule has 0 spiro atoms. The maximum Gasteiger partial charge on any atom is 0.322 e. The predicted molar refractivity (Wildman–Crippen MR) is 111 cm³/mol. The number of aliphatic hydroxyl groups excluding tert-OH is 1. The molecule has 1 aromatic rings. The minimum Gasteiger partial charge on any atom is -0.495 e. The van der Waals surface area contributed by atoms with Gasteiger partial charge in [0, 0.05) is 37.4 Å². The molecular weight excluding hydrogens is 396 g/mol. The summed E-state index contributed by atoms with van der Waals surface area (Å²) in [7, 11) is 1.60. The highest BCUT2D eigenvalue weighted by atomic mass is 35.5. The van der Waals surface area contributed by atoms with E-state index in [4.69, 9.17) is 16.3 Å². The number of halogens is 1. The van der Waals surface area contributed by atoms with Crippen molar-refractivity contribution >= 4 is 29.2 Å². The standard InChI is InChI=1S/C20H29ClN4O4/c1-12-9-14(21)16(29-4)10-15(12)25-8-7-24(11-13(25)2)17(26)5-6-20(3)18(27)22-19(28)23-20/h9-10,13,17,26H,5-8,11H2,1-4H3,(H2,22,23,27,28)/t13-,17?,20?/m0/s1. The number of hydrogen-bond donors (Lipinski definition) is 3. The summed E-state index contributed by atoms with van der Waals surface area (Å²) < 4.78 is 5.36. The molecule has 0 aromatic heterocycles. The number of benzene rings is 1. The molecule has 2 fully saturated rings. The first kappa shape index (κ1) is 21.7. The molecule has 2 aliphatic rings. The number of urea groups is 1. The summed E-state index contributed by atoms with van der Waals surface area (Å²) in [6.45, 7) is 7.93. The number of rotatable bonds is 6. The van der Waals surface area contributed by atoms with Crippen molar-refractivity contribution in [2.45, 2.75) is 51.4 Å². The number of carbonyl (C=O) groups excluding carboxylic acids is 2. The van der Waals surface area contributed by atoms with Crippen LogP contribution in [0.4, 0.5) is 10.5 Å². The maximum absolute atomic E-state index is 11.9. The number of anilines is 1. The molecule has 8 nitrogen and oxygen atoms in total. The lowest BCUT2D eigenvalue weighted by Gasteiger charge is -2.43. The molecule has 2 aliphatic heterocycles. The number of nitrogens with one attached hydrogen (secondary N) is 2. The fourth-order valence-corrected chi connectivity index (χ4v) is 4.37. The van der Waals surface area contributed by atoms with Crippen LogP contribution >= 0.6 is 11.6 Å². The highest BCUT2D eigenvalue weighted by Gasteiger charge is 2.42. The molecule has 2 heterocycles. The van der Waals surface area contributed by atoms with E-state index in [1.807, 2.05) is 24.0 Å². The van der Waals surface area contributed by atoms with Crippen molar-refractivity contribution in [3.63, 3.8) is 0 Å². The van der Waals surface area contributed by atoms with Crippen LogP contribution < -0.4 is 20.3 Å². The molecule has 2 unspecified atom stereocenters. The zero-order chi connectivity index (χ0) is 21.3. The Labute approximate surface area is 176 Å². The molecule has 0 saturated carbocycles. The van der Waals surface area contributed by atoms with Gasteiger partial charge in [-0.05, 0) is 45.2 Å². The number of methoxy groups -OCH3 is 1. The third-order valence-corrected chi connectivity index (χ3v) is 6.18. The summed E-state index contributed by atoms with van der Waals surface area (Å²) in [6, 6.07) is 3.56. The van der Waals surface area contributed by atoms with Gasteiger partial charge in [-0.15, -0.1) is 0 Å². The summed E-state index contributed by atoms with van der Waals surface area (Å²) in [4.78, 5) is 27.6. The lowest BCUT2D eigenvalue weighted by atomic mass is 9.95. The number of hydrogen-bond acceptors (Lipinski definition) is 6. The van der Waals surface area contributed by atoms with Crippen LogP contribution in [0.25, 0.3) is 0 Å². The number of imide groups is 1. The second-order valence-electron chi connectivity index (χ2n) is 8.07. The maximum atomic E-state index is 11.9. The molecule has 0 radical (unpaired) electrons. The third-order valence-electron chi connectivity index (χ3n) is 5.88. The molecule has 0 aliphatic carbocycles. The number of aliphatic hydroxyl groups is 1. The minimum atomic E-state index is -0.970. The first-order chi connectivity index (χ1) is 13.6. The molecule has 3 N–H and O–H groups in total. The van der Waals surface area contributed by atoms with Crippen LogP contribution in [0.15, 0.2) is 12.1 Å². The van der Waals surface area contributed by atoms with E-state index in [-0.39, 0.29) is 11.9 Å². The summed E-state index contributed by atoms with van der Waals surface area (Å²) in [6.07, 6.45) is 0.0843. The van der Waals surface area contributed by atoms with E-state index in [1.54, 1.807) is 14.0 Å². The van der Waals surface area contributed by atoms with Crippen molar-refractivity contribution in [3.8, 4) is 5.75 Å². The van der Waals surface area contributed by atoms with E-state index in [0.717, 1.165) is 17.8 Å². The zero-order valence-corrected chi connectivity index (χ0v) is 18.0. The van der Waals surface area contributed by atoms with Gasteiger partial charge in [0.05, 0.1) is 12.1 Å². The SMILES string of the molecule is COc1cc(N2CCN(C(O)CCC3(C)NC(=O)NC3=O)C[C@@H]2C)c(C)cc1Cl. The third kappa shape index (κ3) is 4.44. The number of aryl methyl sites for hydroxylation is 1. The summed E-state index contributed by atoms with van der Waals surface area (Å²) >= 11 is 6.22. The number of amides is 3. The molecule has 29 heavy (non-hydrogen) atoms. The van der Waals surface area contributed by atoms with Crippen molar-refractivity contribution < 1.29 is 19.4 Å². The van der Waals surface area contributed by atoms with Crippen LogP contribution in [0.5, 0.6) is 5.75 Å². The Balaban J connectivity index is 1.61. The molecule has 3 amide bonds. The molecule has 9 heteroatoms. The van der Waals surface area contributed by atoms with Crippen molar-refractivity contribution in [1.29, 1.82) is 0 Å². The molecule has 3 atom stereocenters. The fourth-order valence-electron chi connectivity index (χ4n) is 4.08. The molecule has 0 bridgehead atoms. The van der Waals surface area contributed by atoms with Crippen molar-refractivity contribution in [3.05, 3.63) is 22.7 Å². The van der Waals surface area contributed by atoms with Gasteiger partial charge in [0.1, 0.15) is 17.5 Å². The van der Waals surface area contributed by atoms with Crippen LogP contribution in [-0.4, -0.2) is 66.5 Å². The summed E-state index contributed by atoms with van der Waals surface area (Å²) in [5.74, 6) is 0.298. The number of ether oxygens (including phenoxy) is 1. The second-order valence-corrected chi connectivity index (χ2v) is 8.48. The smallest absolute Gasteiger partial charge is 0.322 e. The predicted octanol–water partition coefficient (Wildman–Crippen LogP) is 1.86. The van der Waals surface area contributed by atoms with Gasteiger partial charge >= 0.3 is 6.03 Å². The topological polar surface area (TPSA) is 94.1 Å². The zero-order valence-electron chi connectivity index (χ0n) is 17.3. The van der Waals surface area contributed by atoms with Gasteiger partial charge < -0.3 is 20.1 Å². The number of nitrogens with zero attached hydrogens (tertiary/aromatic N) is 2.